The molecule has 0 saturated heterocycles. The van der Waals surface area contributed by atoms with E-state index >= 15 is 0 Å². The predicted molar refractivity (Wildman–Crippen MR) is 91.6 cm³/mol. The predicted octanol–water partition coefficient (Wildman–Crippen LogP) is 4.47. The largest absolute Gasteiger partial charge is 0.544 e. The first-order valence-electron chi connectivity index (χ1n) is 7.10. The highest BCUT2D eigenvalue weighted by atomic mass is 28.4. The third-order valence-corrected chi connectivity index (χ3v) is 3.43. The zero-order valence-corrected chi connectivity index (χ0v) is 14.2. The Morgan fingerprint density at radius 3 is 2.14 bits per heavy atom. The molecule has 0 radical (unpaired) electrons. The monoisotopic (exact) mass is 311 g/mol. The normalized spacial score (nSPS) is 9.91. The van der Waals surface area contributed by atoms with Crippen molar-refractivity contribution in [2.24, 2.45) is 0 Å². The molecular formula is C18H21NO2Si. The molecule has 0 aliphatic carbocycles. The molecule has 0 aliphatic rings. The Kier molecular flexibility index (Phi) is 7.07. The van der Waals surface area contributed by atoms with Crippen LogP contribution in [0, 0.1) is 11.3 Å². The van der Waals surface area contributed by atoms with Crippen molar-refractivity contribution >= 4 is 14.6 Å². The summed E-state index contributed by atoms with van der Waals surface area (Å²) in [5.41, 5.74) is 1.71. The van der Waals surface area contributed by atoms with E-state index in [0.717, 1.165) is 23.2 Å². The van der Waals surface area contributed by atoms with Gasteiger partial charge < -0.3 is 4.43 Å². The average molecular weight is 311 g/mol. The maximum atomic E-state index is 10.0. The van der Waals surface area contributed by atoms with Crippen LogP contribution in [0.1, 0.15) is 15.9 Å². The van der Waals surface area contributed by atoms with Crippen molar-refractivity contribution in [2.45, 2.75) is 26.1 Å². The van der Waals surface area contributed by atoms with Crippen molar-refractivity contribution in [3.8, 4) is 11.8 Å². The van der Waals surface area contributed by atoms with E-state index in [1.54, 1.807) is 12.1 Å². The first kappa shape index (κ1) is 17.7. The lowest BCUT2D eigenvalue weighted by molar-refractivity contribution is 0.112. The van der Waals surface area contributed by atoms with E-state index in [2.05, 4.69) is 25.7 Å². The quantitative estimate of drug-likeness (QED) is 0.618. The number of para-hydroxylation sites is 1. The van der Waals surface area contributed by atoms with Crippen molar-refractivity contribution in [2.75, 3.05) is 0 Å². The second-order valence-electron chi connectivity index (χ2n) is 5.69. The zero-order valence-electron chi connectivity index (χ0n) is 13.2. The second kappa shape index (κ2) is 8.80. The number of nitrogens with zero attached hydrogens (tertiary/aromatic N) is 1. The van der Waals surface area contributed by atoms with E-state index in [4.69, 9.17) is 9.69 Å². The first-order chi connectivity index (χ1) is 10.5. The van der Waals surface area contributed by atoms with Crippen molar-refractivity contribution in [1.29, 1.82) is 5.26 Å². The molecule has 0 N–H and O–H groups in total. The van der Waals surface area contributed by atoms with Crippen molar-refractivity contribution in [1.82, 2.24) is 0 Å². The second-order valence-corrected chi connectivity index (χ2v) is 10.1. The molecule has 0 saturated carbocycles. The zero-order chi connectivity index (χ0) is 16.4. The first-order valence-corrected chi connectivity index (χ1v) is 10.5. The topological polar surface area (TPSA) is 50.1 Å². The number of nitriles is 1. The van der Waals surface area contributed by atoms with E-state index in [9.17, 15) is 4.79 Å². The summed E-state index contributed by atoms with van der Waals surface area (Å²) in [5, 5.41) is 8.65. The summed E-state index contributed by atoms with van der Waals surface area (Å²) in [6.07, 6.45) is 1.25. The Bertz CT molecular complexity index is 628. The summed E-state index contributed by atoms with van der Waals surface area (Å²) in [7, 11) is -1.57. The number of rotatable bonds is 4. The Labute approximate surface area is 133 Å². The molecule has 2 aromatic rings. The highest BCUT2D eigenvalue weighted by molar-refractivity contribution is 6.70. The van der Waals surface area contributed by atoms with Gasteiger partial charge in [0.25, 0.3) is 0 Å². The summed E-state index contributed by atoms with van der Waals surface area (Å²) < 4.78 is 5.87. The number of hydrogen-bond acceptors (Lipinski definition) is 3. The van der Waals surface area contributed by atoms with Gasteiger partial charge >= 0.3 is 0 Å². The summed E-state index contributed by atoms with van der Waals surface area (Å²) in [4.78, 5) is 10.0. The minimum atomic E-state index is -1.57. The summed E-state index contributed by atoms with van der Waals surface area (Å²) in [5.74, 6) is 0.869. The average Bonchev–Trinajstić information content (AvgIpc) is 2.50. The van der Waals surface area contributed by atoms with Gasteiger partial charge in [0.05, 0.1) is 12.5 Å². The number of carbonyl (C=O) groups is 1. The molecular weight excluding hydrogens is 290 g/mol. The molecule has 0 atom stereocenters. The number of benzene rings is 2. The van der Waals surface area contributed by atoms with Crippen LogP contribution in [0.25, 0.3) is 0 Å². The van der Waals surface area contributed by atoms with Crippen LogP contribution < -0.4 is 4.43 Å². The van der Waals surface area contributed by atoms with Gasteiger partial charge in [-0.05, 0) is 25.7 Å². The summed E-state index contributed by atoms with van der Waals surface area (Å²) in [6, 6.07) is 19.0. The maximum Gasteiger partial charge on any atom is 0.242 e. The van der Waals surface area contributed by atoms with Crippen LogP contribution in [0.2, 0.25) is 19.6 Å². The molecule has 0 bridgehead atoms. The minimum absolute atomic E-state index is 0.417. The number of hydrogen-bond donors (Lipinski definition) is 0. The SMILES string of the molecule is C[Si](C)(C)Oc1ccccc1CC#N.O=Cc1ccccc1. The molecule has 3 nitrogen and oxygen atoms in total. The van der Waals surface area contributed by atoms with Crippen LogP contribution in [0.5, 0.6) is 5.75 Å². The Morgan fingerprint density at radius 1 is 1.05 bits per heavy atom. The smallest absolute Gasteiger partial charge is 0.242 e. The number of carbonyl (C=O) groups excluding carboxylic acids is 1. The van der Waals surface area contributed by atoms with Gasteiger partial charge in [-0.3, -0.25) is 4.79 Å². The van der Waals surface area contributed by atoms with Gasteiger partial charge in [0.15, 0.2) is 0 Å². The molecule has 114 valence electrons. The lowest BCUT2D eigenvalue weighted by Crippen LogP contribution is -2.29. The van der Waals surface area contributed by atoms with E-state index < -0.39 is 8.32 Å². The fraction of sp³-hybridized carbons (Fsp3) is 0.222. The molecule has 0 amide bonds. The molecule has 0 unspecified atom stereocenters. The Hall–Kier alpha value is -2.38. The highest BCUT2D eigenvalue weighted by Crippen LogP contribution is 2.21. The fourth-order valence-corrected chi connectivity index (χ4v) is 2.55. The molecule has 0 spiro atoms. The lowest BCUT2D eigenvalue weighted by Gasteiger charge is -2.20. The Balaban J connectivity index is 0.000000255. The maximum absolute atomic E-state index is 10.0. The van der Waals surface area contributed by atoms with Crippen LogP contribution in [0.4, 0.5) is 0 Å². The molecule has 22 heavy (non-hydrogen) atoms. The van der Waals surface area contributed by atoms with E-state index in [1.807, 2.05) is 42.5 Å². The fourth-order valence-electron chi connectivity index (χ4n) is 1.70. The van der Waals surface area contributed by atoms with Gasteiger partial charge in [0.1, 0.15) is 12.0 Å². The van der Waals surface area contributed by atoms with Crippen molar-refractivity contribution < 1.29 is 9.22 Å². The van der Waals surface area contributed by atoms with Gasteiger partial charge in [-0.15, -0.1) is 0 Å². The standard InChI is InChI=1S/C11H15NOSi.C7H6O/c1-14(2,3)13-11-7-5-4-6-10(11)8-9-12;8-6-7-4-2-1-3-5-7/h4-7H,8H2,1-3H3;1-6H. The molecule has 0 fully saturated rings. The Morgan fingerprint density at radius 2 is 1.64 bits per heavy atom. The van der Waals surface area contributed by atoms with E-state index in [-0.39, 0.29) is 0 Å². The highest BCUT2D eigenvalue weighted by Gasteiger charge is 2.17. The van der Waals surface area contributed by atoms with Crippen molar-refractivity contribution in [3.05, 3.63) is 65.7 Å². The lowest BCUT2D eigenvalue weighted by atomic mass is 10.1. The number of aldehydes is 1. The van der Waals surface area contributed by atoms with Crippen molar-refractivity contribution in [3.63, 3.8) is 0 Å². The summed E-state index contributed by atoms with van der Waals surface area (Å²) >= 11 is 0. The van der Waals surface area contributed by atoms with Crippen LogP contribution in [-0.4, -0.2) is 14.6 Å². The van der Waals surface area contributed by atoms with E-state index in [0.29, 0.717) is 6.42 Å². The van der Waals surface area contributed by atoms with Gasteiger partial charge in [-0.2, -0.15) is 5.26 Å². The molecule has 2 aromatic carbocycles. The van der Waals surface area contributed by atoms with Crippen LogP contribution in [0.15, 0.2) is 54.6 Å². The van der Waals surface area contributed by atoms with Gasteiger partial charge in [-0.25, -0.2) is 0 Å². The van der Waals surface area contributed by atoms with Gasteiger partial charge in [0.2, 0.25) is 8.32 Å². The molecule has 4 heteroatoms. The van der Waals surface area contributed by atoms with Crippen LogP contribution >= 0.6 is 0 Å². The van der Waals surface area contributed by atoms with Crippen LogP contribution in [0.3, 0.4) is 0 Å². The molecule has 0 aliphatic heterocycles. The van der Waals surface area contributed by atoms with Gasteiger partial charge in [0, 0.05) is 11.1 Å². The molecule has 2 rings (SSSR count). The van der Waals surface area contributed by atoms with Crippen LogP contribution in [-0.2, 0) is 6.42 Å². The molecule has 0 heterocycles. The van der Waals surface area contributed by atoms with Gasteiger partial charge in [-0.1, -0.05) is 48.5 Å². The van der Waals surface area contributed by atoms with E-state index in [1.165, 1.54) is 0 Å². The third kappa shape index (κ3) is 6.87. The molecule has 0 aromatic heterocycles. The summed E-state index contributed by atoms with van der Waals surface area (Å²) in [6.45, 7) is 6.41. The minimum Gasteiger partial charge on any atom is -0.544 e. The third-order valence-electron chi connectivity index (χ3n) is 2.59.